The number of carbonyl (C=O) groups excluding carboxylic acids is 2. The van der Waals surface area contributed by atoms with Gasteiger partial charge in [-0.15, -0.1) is 0 Å². The Morgan fingerprint density at radius 1 is 1.12 bits per heavy atom. The van der Waals surface area contributed by atoms with E-state index in [0.717, 1.165) is 18.2 Å². The molecule has 7 heteroatoms. The van der Waals surface area contributed by atoms with Gasteiger partial charge in [0.25, 0.3) is 5.91 Å². The van der Waals surface area contributed by atoms with Gasteiger partial charge in [0.2, 0.25) is 5.91 Å². The van der Waals surface area contributed by atoms with E-state index in [4.69, 9.17) is 5.11 Å². The first-order valence-corrected chi connectivity index (χ1v) is 7.33. The maximum absolute atomic E-state index is 13.9. The van der Waals surface area contributed by atoms with Crippen LogP contribution >= 0.6 is 0 Å². The van der Waals surface area contributed by atoms with E-state index in [2.05, 4.69) is 5.32 Å². The summed E-state index contributed by atoms with van der Waals surface area (Å²) in [5, 5.41) is 11.9. The van der Waals surface area contributed by atoms with Gasteiger partial charge in [0.05, 0.1) is 22.3 Å². The zero-order valence-electron chi connectivity index (χ0n) is 13.1. The summed E-state index contributed by atoms with van der Waals surface area (Å²) < 4.78 is 15.2. The van der Waals surface area contributed by atoms with Crippen LogP contribution in [0, 0.1) is 5.82 Å². The molecule has 126 valence electrons. The molecule has 0 aliphatic carbocycles. The fourth-order valence-corrected chi connectivity index (χ4v) is 2.56. The Kier molecular flexibility index (Phi) is 4.06. The number of amides is 1. The van der Waals surface area contributed by atoms with Crippen molar-refractivity contribution in [3.8, 4) is 0 Å². The van der Waals surface area contributed by atoms with E-state index in [0.29, 0.717) is 10.9 Å². The molecule has 2 aromatic carbocycles. The highest BCUT2D eigenvalue weighted by Gasteiger charge is 2.18. The van der Waals surface area contributed by atoms with Gasteiger partial charge in [-0.05, 0) is 24.3 Å². The molecule has 0 aliphatic heterocycles. The number of aromatic nitrogens is 1. The molecule has 0 saturated heterocycles. The Labute approximate surface area is 141 Å². The van der Waals surface area contributed by atoms with E-state index in [9.17, 15) is 18.8 Å². The number of carboxylic acids is 1. The molecule has 1 aromatic heterocycles. The van der Waals surface area contributed by atoms with E-state index < -0.39 is 17.7 Å². The Balaban J connectivity index is 2.03. The minimum atomic E-state index is -1.23. The molecular formula is C18H13FN2O4. The van der Waals surface area contributed by atoms with Gasteiger partial charge in [-0.25, -0.2) is 9.18 Å². The lowest BCUT2D eigenvalue weighted by molar-refractivity contribution is 0.0696. The van der Waals surface area contributed by atoms with Crippen molar-refractivity contribution in [2.45, 2.75) is 6.92 Å². The number of para-hydroxylation sites is 1. The van der Waals surface area contributed by atoms with Gasteiger partial charge in [0.1, 0.15) is 5.82 Å². The summed E-state index contributed by atoms with van der Waals surface area (Å²) in [6.45, 7) is 1.37. The number of benzene rings is 2. The Bertz CT molecular complexity index is 1020. The normalized spacial score (nSPS) is 10.6. The van der Waals surface area contributed by atoms with Crippen LogP contribution in [0.15, 0.2) is 48.7 Å². The highest BCUT2D eigenvalue weighted by Crippen LogP contribution is 2.23. The highest BCUT2D eigenvalue weighted by atomic mass is 19.1. The first-order valence-electron chi connectivity index (χ1n) is 7.33. The van der Waals surface area contributed by atoms with Crippen LogP contribution in [0.4, 0.5) is 10.1 Å². The number of carbonyl (C=O) groups is 3. The molecule has 0 spiro atoms. The van der Waals surface area contributed by atoms with Crippen LogP contribution in [0.1, 0.15) is 32.4 Å². The number of nitrogens with one attached hydrogen (secondary N) is 1. The molecule has 25 heavy (non-hydrogen) atoms. The van der Waals surface area contributed by atoms with Crippen LogP contribution < -0.4 is 5.32 Å². The second-order valence-electron chi connectivity index (χ2n) is 5.40. The SMILES string of the molecule is CC(=O)n1cc(C(=O)Nc2cc(C(=O)O)ccc2F)c2ccccc21. The van der Waals surface area contributed by atoms with Crippen molar-refractivity contribution in [3.05, 3.63) is 65.6 Å². The van der Waals surface area contributed by atoms with Crippen molar-refractivity contribution in [1.29, 1.82) is 0 Å². The lowest BCUT2D eigenvalue weighted by Gasteiger charge is -2.07. The number of anilines is 1. The number of hydrogen-bond acceptors (Lipinski definition) is 3. The van der Waals surface area contributed by atoms with Crippen LogP contribution in [-0.4, -0.2) is 27.5 Å². The topological polar surface area (TPSA) is 88.4 Å². The smallest absolute Gasteiger partial charge is 0.335 e. The number of carboxylic acid groups (broad SMARTS) is 1. The molecule has 0 radical (unpaired) electrons. The highest BCUT2D eigenvalue weighted by molar-refractivity contribution is 6.14. The molecule has 0 atom stereocenters. The van der Waals surface area contributed by atoms with Gasteiger partial charge < -0.3 is 10.4 Å². The number of fused-ring (bicyclic) bond motifs is 1. The molecule has 1 amide bonds. The average molecular weight is 340 g/mol. The fraction of sp³-hybridized carbons (Fsp3) is 0.0556. The van der Waals surface area contributed by atoms with Crippen molar-refractivity contribution in [1.82, 2.24) is 4.57 Å². The molecule has 0 aliphatic rings. The van der Waals surface area contributed by atoms with E-state index in [1.165, 1.54) is 17.7 Å². The van der Waals surface area contributed by atoms with Gasteiger partial charge in [0.15, 0.2) is 0 Å². The first-order chi connectivity index (χ1) is 11.9. The quantitative estimate of drug-likeness (QED) is 0.765. The Morgan fingerprint density at radius 3 is 2.52 bits per heavy atom. The number of rotatable bonds is 3. The number of nitrogens with zero attached hydrogens (tertiary/aromatic N) is 1. The van der Waals surface area contributed by atoms with Crippen molar-refractivity contribution < 1.29 is 23.9 Å². The summed E-state index contributed by atoms with van der Waals surface area (Å²) in [5.74, 6) is -2.90. The Hall–Kier alpha value is -3.48. The van der Waals surface area contributed by atoms with E-state index in [-0.39, 0.29) is 22.7 Å². The lowest BCUT2D eigenvalue weighted by Crippen LogP contribution is -2.14. The van der Waals surface area contributed by atoms with Crippen molar-refractivity contribution in [2.75, 3.05) is 5.32 Å². The zero-order valence-corrected chi connectivity index (χ0v) is 13.1. The van der Waals surface area contributed by atoms with Gasteiger partial charge in [-0.2, -0.15) is 0 Å². The van der Waals surface area contributed by atoms with Crippen LogP contribution in [0.2, 0.25) is 0 Å². The second kappa shape index (κ2) is 6.20. The summed E-state index contributed by atoms with van der Waals surface area (Å²) >= 11 is 0. The van der Waals surface area contributed by atoms with E-state index >= 15 is 0 Å². The van der Waals surface area contributed by atoms with Crippen LogP contribution in [0.25, 0.3) is 10.9 Å². The van der Waals surface area contributed by atoms with Gasteiger partial charge in [-0.3, -0.25) is 14.2 Å². The molecule has 0 bridgehead atoms. The van der Waals surface area contributed by atoms with Gasteiger partial charge >= 0.3 is 5.97 Å². The van der Waals surface area contributed by atoms with Gasteiger partial charge in [-0.1, -0.05) is 18.2 Å². The van der Waals surface area contributed by atoms with Gasteiger partial charge in [0, 0.05) is 18.5 Å². The third-order valence-corrected chi connectivity index (χ3v) is 3.76. The lowest BCUT2D eigenvalue weighted by atomic mass is 10.1. The summed E-state index contributed by atoms with van der Waals surface area (Å²) in [6, 6.07) is 9.94. The Morgan fingerprint density at radius 2 is 1.84 bits per heavy atom. The van der Waals surface area contributed by atoms with Crippen molar-refractivity contribution in [2.24, 2.45) is 0 Å². The maximum Gasteiger partial charge on any atom is 0.335 e. The van der Waals surface area contributed by atoms with Crippen LogP contribution in [0.5, 0.6) is 0 Å². The fourth-order valence-electron chi connectivity index (χ4n) is 2.56. The molecule has 0 unspecified atom stereocenters. The monoisotopic (exact) mass is 340 g/mol. The predicted molar refractivity (Wildman–Crippen MR) is 89.6 cm³/mol. The average Bonchev–Trinajstić information content (AvgIpc) is 2.96. The predicted octanol–water partition coefficient (Wildman–Crippen LogP) is 3.39. The molecule has 0 saturated carbocycles. The number of aromatic carboxylic acids is 1. The molecule has 3 rings (SSSR count). The van der Waals surface area contributed by atoms with Crippen LogP contribution in [0.3, 0.4) is 0 Å². The third-order valence-electron chi connectivity index (χ3n) is 3.76. The summed E-state index contributed by atoms with van der Waals surface area (Å²) in [7, 11) is 0. The number of hydrogen-bond donors (Lipinski definition) is 2. The standard InChI is InChI=1S/C18H13FN2O4/c1-10(22)21-9-13(12-4-2-3-5-16(12)21)17(23)20-15-8-11(18(24)25)6-7-14(15)19/h2-9H,1H3,(H,20,23)(H,24,25). The molecule has 1 heterocycles. The zero-order chi connectivity index (χ0) is 18.1. The molecule has 3 aromatic rings. The van der Waals surface area contributed by atoms with E-state index in [1.807, 2.05) is 0 Å². The molecule has 2 N–H and O–H groups in total. The first kappa shape index (κ1) is 16.4. The molecule has 6 nitrogen and oxygen atoms in total. The second-order valence-corrected chi connectivity index (χ2v) is 5.40. The van der Waals surface area contributed by atoms with E-state index in [1.54, 1.807) is 24.3 Å². The summed E-state index contributed by atoms with van der Waals surface area (Å²) in [6.07, 6.45) is 1.38. The molecule has 0 fully saturated rings. The van der Waals surface area contributed by atoms with Crippen molar-refractivity contribution in [3.63, 3.8) is 0 Å². The summed E-state index contributed by atoms with van der Waals surface area (Å²) in [4.78, 5) is 35.3. The minimum Gasteiger partial charge on any atom is -0.478 e. The summed E-state index contributed by atoms with van der Waals surface area (Å²) in [5.41, 5.74) is 0.346. The minimum absolute atomic E-state index is 0.150. The van der Waals surface area contributed by atoms with Crippen LogP contribution in [-0.2, 0) is 0 Å². The maximum atomic E-state index is 13.9. The number of halogens is 1. The third kappa shape index (κ3) is 2.99. The van der Waals surface area contributed by atoms with Crippen molar-refractivity contribution >= 4 is 34.4 Å². The largest absolute Gasteiger partial charge is 0.478 e. The molecular weight excluding hydrogens is 327 g/mol.